The second-order valence-electron chi connectivity index (χ2n) is 4.86. The van der Waals surface area contributed by atoms with Crippen molar-refractivity contribution in [2.24, 2.45) is 0 Å². The Hall–Kier alpha value is -2.48. The second kappa shape index (κ2) is 5.38. The molecule has 2 heterocycles. The lowest BCUT2D eigenvalue weighted by atomic mass is 10.1. The third-order valence-electron chi connectivity index (χ3n) is 3.46. The number of carboxylic acids is 1. The standard InChI is InChI=1S/C14H12F2N2O4/c15-8-2-1-3-9(16)10(8)12-11(14(20)21)13-18(17-12)5-4-7(6-19)22-13/h1-3,7,19H,4-6H2,(H,20,21). The molecule has 1 aromatic heterocycles. The Morgan fingerprint density at radius 3 is 2.68 bits per heavy atom. The van der Waals surface area contributed by atoms with Crippen LogP contribution in [0.1, 0.15) is 16.8 Å². The van der Waals surface area contributed by atoms with E-state index in [9.17, 15) is 18.7 Å². The lowest BCUT2D eigenvalue weighted by Crippen LogP contribution is -2.29. The van der Waals surface area contributed by atoms with Crippen LogP contribution in [0.15, 0.2) is 18.2 Å². The fraction of sp³-hybridized carbons (Fsp3) is 0.286. The number of aryl methyl sites for hydroxylation is 1. The highest BCUT2D eigenvalue weighted by Crippen LogP contribution is 2.36. The predicted molar refractivity (Wildman–Crippen MR) is 70.7 cm³/mol. The lowest BCUT2D eigenvalue weighted by molar-refractivity contribution is 0.0620. The minimum Gasteiger partial charge on any atom is -0.477 e. The van der Waals surface area contributed by atoms with Crippen molar-refractivity contribution in [2.75, 3.05) is 6.61 Å². The van der Waals surface area contributed by atoms with Gasteiger partial charge in [-0.05, 0) is 12.1 Å². The molecular formula is C14H12F2N2O4. The molecular weight excluding hydrogens is 298 g/mol. The fourth-order valence-electron chi connectivity index (χ4n) is 2.42. The largest absolute Gasteiger partial charge is 0.477 e. The number of aliphatic hydroxyl groups is 1. The van der Waals surface area contributed by atoms with Crippen LogP contribution in [-0.4, -0.2) is 38.7 Å². The minimum atomic E-state index is -1.41. The maximum absolute atomic E-state index is 13.9. The van der Waals surface area contributed by atoms with Gasteiger partial charge in [0.25, 0.3) is 0 Å². The van der Waals surface area contributed by atoms with E-state index >= 15 is 0 Å². The number of rotatable bonds is 3. The van der Waals surface area contributed by atoms with Crippen LogP contribution in [0, 0.1) is 11.6 Å². The SMILES string of the molecule is O=C(O)c1c(-c2c(F)cccc2F)nn2c1OC(CO)CC2. The zero-order valence-electron chi connectivity index (χ0n) is 11.3. The summed E-state index contributed by atoms with van der Waals surface area (Å²) in [6, 6.07) is 3.24. The van der Waals surface area contributed by atoms with Gasteiger partial charge in [-0.3, -0.25) is 0 Å². The van der Waals surface area contributed by atoms with Crippen molar-refractivity contribution < 1.29 is 28.5 Å². The Balaban J connectivity index is 2.22. The van der Waals surface area contributed by atoms with Crippen molar-refractivity contribution in [2.45, 2.75) is 19.1 Å². The number of carbonyl (C=O) groups is 1. The van der Waals surface area contributed by atoms with E-state index in [0.717, 1.165) is 12.1 Å². The Bertz CT molecular complexity index is 724. The Kier molecular flexibility index (Phi) is 3.53. The molecule has 0 amide bonds. The average Bonchev–Trinajstić information content (AvgIpc) is 2.84. The predicted octanol–water partition coefficient (Wildman–Crippen LogP) is 1.67. The molecule has 1 unspecified atom stereocenters. The first kappa shape index (κ1) is 14.5. The number of carboxylic acid groups (broad SMARTS) is 1. The molecule has 0 saturated carbocycles. The van der Waals surface area contributed by atoms with Gasteiger partial charge in [-0.25, -0.2) is 18.3 Å². The fourth-order valence-corrected chi connectivity index (χ4v) is 2.42. The van der Waals surface area contributed by atoms with E-state index in [1.807, 2.05) is 0 Å². The summed E-state index contributed by atoms with van der Waals surface area (Å²) in [4.78, 5) is 11.5. The van der Waals surface area contributed by atoms with Gasteiger partial charge in [0.15, 0.2) is 0 Å². The van der Waals surface area contributed by atoms with Gasteiger partial charge in [-0.1, -0.05) is 6.07 Å². The summed E-state index contributed by atoms with van der Waals surface area (Å²) in [5.41, 5.74) is -1.25. The molecule has 22 heavy (non-hydrogen) atoms. The van der Waals surface area contributed by atoms with E-state index in [2.05, 4.69) is 5.10 Å². The maximum Gasteiger partial charge on any atom is 0.343 e. The van der Waals surface area contributed by atoms with Gasteiger partial charge in [0.05, 0.1) is 12.2 Å². The monoisotopic (exact) mass is 310 g/mol. The molecule has 0 radical (unpaired) electrons. The summed E-state index contributed by atoms with van der Waals surface area (Å²) < 4.78 is 34.5. The van der Waals surface area contributed by atoms with Crippen LogP contribution >= 0.6 is 0 Å². The van der Waals surface area contributed by atoms with Gasteiger partial charge in [0.2, 0.25) is 5.88 Å². The third-order valence-corrected chi connectivity index (χ3v) is 3.46. The number of hydrogen-bond donors (Lipinski definition) is 2. The number of halogens is 2. The van der Waals surface area contributed by atoms with E-state index < -0.39 is 34.8 Å². The molecule has 2 aromatic rings. The van der Waals surface area contributed by atoms with Crippen LogP contribution in [0.4, 0.5) is 8.78 Å². The molecule has 0 fully saturated rings. The molecule has 6 nitrogen and oxygen atoms in total. The van der Waals surface area contributed by atoms with Crippen LogP contribution < -0.4 is 4.74 Å². The highest BCUT2D eigenvalue weighted by molar-refractivity contribution is 5.97. The minimum absolute atomic E-state index is 0.101. The van der Waals surface area contributed by atoms with Crippen LogP contribution in [0.3, 0.4) is 0 Å². The highest BCUT2D eigenvalue weighted by Gasteiger charge is 2.32. The molecule has 0 saturated heterocycles. The Morgan fingerprint density at radius 1 is 1.41 bits per heavy atom. The number of fused-ring (bicyclic) bond motifs is 1. The third kappa shape index (κ3) is 2.21. The smallest absolute Gasteiger partial charge is 0.343 e. The Labute approximate surface area is 123 Å². The van der Waals surface area contributed by atoms with Gasteiger partial charge < -0.3 is 14.9 Å². The van der Waals surface area contributed by atoms with Crippen molar-refractivity contribution in [3.05, 3.63) is 35.4 Å². The van der Waals surface area contributed by atoms with E-state index in [0.29, 0.717) is 6.42 Å². The zero-order valence-corrected chi connectivity index (χ0v) is 11.3. The zero-order chi connectivity index (χ0) is 15.9. The van der Waals surface area contributed by atoms with Gasteiger partial charge in [0.1, 0.15) is 29.0 Å². The first-order valence-electron chi connectivity index (χ1n) is 6.59. The van der Waals surface area contributed by atoms with Crippen molar-refractivity contribution in [3.8, 4) is 17.1 Å². The van der Waals surface area contributed by atoms with E-state index in [4.69, 9.17) is 9.84 Å². The summed E-state index contributed by atoms with van der Waals surface area (Å²) in [5, 5.41) is 22.5. The molecule has 1 atom stereocenters. The maximum atomic E-state index is 13.9. The summed E-state index contributed by atoms with van der Waals surface area (Å²) in [5.74, 6) is -3.32. The number of aromatic nitrogens is 2. The van der Waals surface area contributed by atoms with E-state index in [1.54, 1.807) is 0 Å². The van der Waals surface area contributed by atoms with E-state index in [-0.39, 0.29) is 24.7 Å². The molecule has 8 heteroatoms. The molecule has 1 aliphatic heterocycles. The molecule has 1 aliphatic rings. The summed E-state index contributed by atoms with van der Waals surface area (Å²) in [6.45, 7) is 0.00451. The number of ether oxygens (including phenoxy) is 1. The van der Waals surface area contributed by atoms with Gasteiger partial charge in [0, 0.05) is 13.0 Å². The molecule has 116 valence electrons. The molecule has 1 aromatic carbocycles. The molecule has 0 spiro atoms. The number of hydrogen-bond acceptors (Lipinski definition) is 4. The molecule has 0 bridgehead atoms. The first-order chi connectivity index (χ1) is 10.5. The van der Waals surface area contributed by atoms with E-state index in [1.165, 1.54) is 10.7 Å². The number of aliphatic hydroxyl groups excluding tert-OH is 1. The van der Waals surface area contributed by atoms with Gasteiger partial charge in [-0.15, -0.1) is 0 Å². The van der Waals surface area contributed by atoms with Gasteiger partial charge in [-0.2, -0.15) is 5.10 Å². The summed E-state index contributed by atoms with van der Waals surface area (Å²) >= 11 is 0. The first-order valence-corrected chi connectivity index (χ1v) is 6.59. The molecule has 3 rings (SSSR count). The second-order valence-corrected chi connectivity index (χ2v) is 4.86. The van der Waals surface area contributed by atoms with Crippen molar-refractivity contribution in [1.82, 2.24) is 9.78 Å². The summed E-state index contributed by atoms with van der Waals surface area (Å²) in [6.07, 6.45) is -0.149. The topological polar surface area (TPSA) is 84.6 Å². The summed E-state index contributed by atoms with van der Waals surface area (Å²) in [7, 11) is 0. The highest BCUT2D eigenvalue weighted by atomic mass is 19.1. The van der Waals surface area contributed by atoms with Gasteiger partial charge >= 0.3 is 5.97 Å². The number of nitrogens with zero attached hydrogens (tertiary/aromatic N) is 2. The lowest BCUT2D eigenvalue weighted by Gasteiger charge is -2.23. The van der Waals surface area contributed by atoms with Crippen molar-refractivity contribution >= 4 is 5.97 Å². The van der Waals surface area contributed by atoms with Crippen LogP contribution in [0.2, 0.25) is 0 Å². The molecule has 2 N–H and O–H groups in total. The van der Waals surface area contributed by atoms with Crippen LogP contribution in [0.25, 0.3) is 11.3 Å². The van der Waals surface area contributed by atoms with Crippen molar-refractivity contribution in [3.63, 3.8) is 0 Å². The number of aromatic carboxylic acids is 1. The number of benzene rings is 1. The van der Waals surface area contributed by atoms with Crippen molar-refractivity contribution in [1.29, 1.82) is 0 Å². The normalized spacial score (nSPS) is 17.0. The van der Waals surface area contributed by atoms with Crippen LogP contribution in [0.5, 0.6) is 5.88 Å². The molecule has 0 aliphatic carbocycles. The Morgan fingerprint density at radius 2 is 2.09 bits per heavy atom. The quantitative estimate of drug-likeness (QED) is 0.901. The average molecular weight is 310 g/mol. The van der Waals surface area contributed by atoms with Crippen LogP contribution in [-0.2, 0) is 6.54 Å².